The van der Waals surface area contributed by atoms with E-state index in [0.29, 0.717) is 6.54 Å². The lowest BCUT2D eigenvalue weighted by molar-refractivity contribution is -0.159. The van der Waals surface area contributed by atoms with Crippen LogP contribution in [0.5, 0.6) is 0 Å². The number of allylic oxidation sites excluding steroid dienone is 1. The van der Waals surface area contributed by atoms with Gasteiger partial charge in [-0.15, -0.1) is 11.3 Å². The summed E-state index contributed by atoms with van der Waals surface area (Å²) in [6.07, 6.45) is 0.482. The standard InChI is InChI=1S/C18H20N2O5S2/c1-12(25-17(21)9-13-7-8-27(23,24)11-13)18(22)20(2)10-16-19-14-5-3-4-6-15(14)26-16/h3-8,12-13H,9-11H2,1-2H3. The second-order valence-corrected chi connectivity index (χ2v) is 9.57. The van der Waals surface area contributed by atoms with E-state index in [1.54, 1.807) is 7.05 Å². The molecule has 2 heterocycles. The fourth-order valence-corrected chi connectivity index (χ4v) is 5.28. The van der Waals surface area contributed by atoms with Gasteiger partial charge >= 0.3 is 5.97 Å². The monoisotopic (exact) mass is 408 g/mol. The topological polar surface area (TPSA) is 93.6 Å². The third kappa shape index (κ3) is 4.92. The van der Waals surface area contributed by atoms with Crippen LogP contribution in [-0.4, -0.2) is 49.1 Å². The maximum atomic E-state index is 12.5. The van der Waals surface area contributed by atoms with Gasteiger partial charge in [-0.3, -0.25) is 9.59 Å². The molecule has 27 heavy (non-hydrogen) atoms. The van der Waals surface area contributed by atoms with Crippen molar-refractivity contribution in [2.75, 3.05) is 12.8 Å². The zero-order valence-electron chi connectivity index (χ0n) is 15.0. The highest BCUT2D eigenvalue weighted by Crippen LogP contribution is 2.23. The molecule has 2 aromatic rings. The van der Waals surface area contributed by atoms with Gasteiger partial charge in [0, 0.05) is 18.4 Å². The van der Waals surface area contributed by atoms with Crippen LogP contribution < -0.4 is 0 Å². The molecule has 0 radical (unpaired) electrons. The van der Waals surface area contributed by atoms with E-state index in [2.05, 4.69) is 4.98 Å². The normalized spacial score (nSPS) is 19.1. The number of nitrogens with zero attached hydrogens (tertiary/aromatic N) is 2. The van der Waals surface area contributed by atoms with Crippen LogP contribution in [0.15, 0.2) is 35.7 Å². The average molecular weight is 409 g/mol. The molecule has 144 valence electrons. The molecule has 0 saturated heterocycles. The Morgan fingerprint density at radius 3 is 2.78 bits per heavy atom. The Kier molecular flexibility index (Phi) is 5.61. The van der Waals surface area contributed by atoms with Gasteiger partial charge in [-0.1, -0.05) is 18.2 Å². The summed E-state index contributed by atoms with van der Waals surface area (Å²) in [5, 5.41) is 1.91. The number of fused-ring (bicyclic) bond motifs is 1. The summed E-state index contributed by atoms with van der Waals surface area (Å²) >= 11 is 1.51. The lowest BCUT2D eigenvalue weighted by atomic mass is 10.1. The first-order valence-corrected chi connectivity index (χ1v) is 11.0. The van der Waals surface area contributed by atoms with Crippen LogP contribution in [0.25, 0.3) is 10.2 Å². The van der Waals surface area contributed by atoms with Crippen LogP contribution in [0.3, 0.4) is 0 Å². The van der Waals surface area contributed by atoms with Crippen molar-refractivity contribution in [2.24, 2.45) is 5.92 Å². The average Bonchev–Trinajstić information content (AvgIpc) is 3.15. The summed E-state index contributed by atoms with van der Waals surface area (Å²) in [7, 11) is -1.58. The van der Waals surface area contributed by atoms with Gasteiger partial charge in [0.25, 0.3) is 5.91 Å². The van der Waals surface area contributed by atoms with Gasteiger partial charge in [0.2, 0.25) is 0 Å². The highest BCUT2D eigenvalue weighted by atomic mass is 32.2. The van der Waals surface area contributed by atoms with Gasteiger partial charge < -0.3 is 9.64 Å². The number of hydrogen-bond acceptors (Lipinski definition) is 7. The molecule has 9 heteroatoms. The van der Waals surface area contributed by atoms with Crippen molar-refractivity contribution < 1.29 is 22.7 Å². The van der Waals surface area contributed by atoms with E-state index in [1.807, 2.05) is 24.3 Å². The number of rotatable bonds is 6. The number of benzene rings is 1. The van der Waals surface area contributed by atoms with Crippen molar-refractivity contribution in [3.8, 4) is 0 Å². The number of thiazole rings is 1. The number of amides is 1. The molecule has 3 rings (SSSR count). The van der Waals surface area contributed by atoms with Crippen LogP contribution in [-0.2, 0) is 30.7 Å². The summed E-state index contributed by atoms with van der Waals surface area (Å²) < 4.78 is 29.0. The highest BCUT2D eigenvalue weighted by molar-refractivity contribution is 7.94. The van der Waals surface area contributed by atoms with E-state index in [0.717, 1.165) is 20.6 Å². The van der Waals surface area contributed by atoms with Crippen molar-refractivity contribution in [3.05, 3.63) is 40.8 Å². The lowest BCUT2D eigenvalue weighted by Gasteiger charge is -2.21. The predicted octanol–water partition coefficient (Wildman–Crippen LogP) is 2.13. The number of aromatic nitrogens is 1. The Morgan fingerprint density at radius 1 is 1.37 bits per heavy atom. The Morgan fingerprint density at radius 2 is 2.11 bits per heavy atom. The molecule has 1 aromatic carbocycles. The second kappa shape index (κ2) is 7.77. The largest absolute Gasteiger partial charge is 0.453 e. The first kappa shape index (κ1) is 19.5. The van der Waals surface area contributed by atoms with Gasteiger partial charge in [0.1, 0.15) is 5.01 Å². The zero-order valence-corrected chi connectivity index (χ0v) is 16.6. The Bertz CT molecular complexity index is 963. The van der Waals surface area contributed by atoms with Crippen LogP contribution in [0.4, 0.5) is 0 Å². The third-order valence-corrected chi connectivity index (χ3v) is 6.66. The van der Waals surface area contributed by atoms with Crippen LogP contribution in [0.1, 0.15) is 18.4 Å². The number of hydrogen-bond donors (Lipinski definition) is 0. The van der Waals surface area contributed by atoms with Crippen LogP contribution in [0, 0.1) is 5.92 Å². The summed E-state index contributed by atoms with van der Waals surface area (Å²) in [4.78, 5) is 30.4. The molecule has 7 nitrogen and oxygen atoms in total. The fraction of sp³-hybridized carbons (Fsp3) is 0.389. The molecule has 2 unspecified atom stereocenters. The van der Waals surface area contributed by atoms with E-state index >= 15 is 0 Å². The van der Waals surface area contributed by atoms with Gasteiger partial charge in [0.05, 0.1) is 28.9 Å². The van der Waals surface area contributed by atoms with Gasteiger partial charge in [-0.2, -0.15) is 0 Å². The van der Waals surface area contributed by atoms with Gasteiger partial charge in [-0.05, 0) is 19.1 Å². The molecule has 0 spiro atoms. The number of ether oxygens (including phenoxy) is 1. The number of esters is 1. The SMILES string of the molecule is CC(OC(=O)CC1C=CS(=O)(=O)C1)C(=O)N(C)Cc1nc2ccccc2s1. The van der Waals surface area contributed by atoms with E-state index in [4.69, 9.17) is 4.74 Å². The zero-order chi connectivity index (χ0) is 19.6. The maximum Gasteiger partial charge on any atom is 0.307 e. The van der Waals surface area contributed by atoms with Crippen molar-refractivity contribution in [1.29, 1.82) is 0 Å². The molecular formula is C18H20N2O5S2. The van der Waals surface area contributed by atoms with Crippen LogP contribution >= 0.6 is 11.3 Å². The lowest BCUT2D eigenvalue weighted by Crippen LogP contribution is -2.37. The van der Waals surface area contributed by atoms with Crippen molar-refractivity contribution in [2.45, 2.75) is 26.0 Å². The molecule has 0 saturated carbocycles. The molecule has 1 aliphatic heterocycles. The third-order valence-electron chi connectivity index (χ3n) is 4.18. The number of para-hydroxylation sites is 1. The van der Waals surface area contributed by atoms with E-state index in [1.165, 1.54) is 29.2 Å². The summed E-state index contributed by atoms with van der Waals surface area (Å²) in [5.41, 5.74) is 0.886. The molecule has 0 fully saturated rings. The van der Waals surface area contributed by atoms with Gasteiger partial charge in [0.15, 0.2) is 15.9 Å². The molecule has 0 N–H and O–H groups in total. The first-order valence-electron chi connectivity index (χ1n) is 8.43. The molecule has 0 aliphatic carbocycles. The number of sulfone groups is 1. The van der Waals surface area contributed by atoms with E-state index < -0.39 is 27.8 Å². The molecule has 1 amide bonds. The second-order valence-electron chi connectivity index (χ2n) is 6.52. The maximum absolute atomic E-state index is 12.5. The fourth-order valence-electron chi connectivity index (χ4n) is 2.86. The summed E-state index contributed by atoms with van der Waals surface area (Å²) in [6.45, 7) is 1.83. The minimum Gasteiger partial charge on any atom is -0.453 e. The predicted molar refractivity (Wildman–Crippen MR) is 103 cm³/mol. The molecule has 2 atom stereocenters. The van der Waals surface area contributed by atoms with E-state index in [-0.39, 0.29) is 18.1 Å². The quantitative estimate of drug-likeness (QED) is 0.680. The van der Waals surface area contributed by atoms with E-state index in [9.17, 15) is 18.0 Å². The molecule has 1 aliphatic rings. The Balaban J connectivity index is 1.53. The number of carbonyl (C=O) groups is 2. The minimum absolute atomic E-state index is 0.0606. The van der Waals surface area contributed by atoms with Gasteiger partial charge in [-0.25, -0.2) is 13.4 Å². The van der Waals surface area contributed by atoms with Crippen molar-refractivity contribution in [3.63, 3.8) is 0 Å². The number of likely N-dealkylation sites (N-methyl/N-ethyl adjacent to an activating group) is 1. The summed E-state index contributed by atoms with van der Waals surface area (Å²) in [6, 6.07) is 7.73. The van der Waals surface area contributed by atoms with Crippen LogP contribution in [0.2, 0.25) is 0 Å². The van der Waals surface area contributed by atoms with Crippen molar-refractivity contribution in [1.82, 2.24) is 9.88 Å². The molecule has 0 bridgehead atoms. The Labute approximate surface area is 161 Å². The summed E-state index contributed by atoms with van der Waals surface area (Å²) in [5.74, 6) is -1.42. The molecular weight excluding hydrogens is 388 g/mol. The van der Waals surface area contributed by atoms with Crippen molar-refractivity contribution >= 4 is 43.3 Å². The molecule has 1 aromatic heterocycles. The first-order chi connectivity index (χ1) is 12.7. The number of carbonyl (C=O) groups excluding carboxylic acids is 2. The minimum atomic E-state index is -3.21. The Hall–Kier alpha value is -2.26. The smallest absolute Gasteiger partial charge is 0.307 e. The highest BCUT2D eigenvalue weighted by Gasteiger charge is 2.27.